The van der Waals surface area contributed by atoms with Gasteiger partial charge in [0.05, 0.1) is 11.4 Å². The number of halogens is 1. The Hall–Kier alpha value is -1.67. The van der Waals surface area contributed by atoms with Gasteiger partial charge in [-0.2, -0.15) is 0 Å². The molecule has 0 saturated heterocycles. The van der Waals surface area contributed by atoms with Gasteiger partial charge in [-0.15, -0.1) is 10.2 Å². The summed E-state index contributed by atoms with van der Waals surface area (Å²) >= 11 is 2.60. The fourth-order valence-corrected chi connectivity index (χ4v) is 3.09. The van der Waals surface area contributed by atoms with Gasteiger partial charge >= 0.3 is 0 Å². The quantitative estimate of drug-likeness (QED) is 0.757. The third-order valence-corrected chi connectivity index (χ3v) is 4.53. The summed E-state index contributed by atoms with van der Waals surface area (Å²) < 4.78 is 14.2. The Bertz CT molecular complexity index is 633. The molecule has 1 amide bonds. The lowest BCUT2D eigenvalue weighted by molar-refractivity contribution is -0.118. The van der Waals surface area contributed by atoms with Crippen molar-refractivity contribution in [2.75, 3.05) is 17.6 Å². The number of benzene rings is 1. The molecule has 0 fully saturated rings. The number of hydrogen-bond donors (Lipinski definition) is 2. The Labute approximate surface area is 136 Å². The van der Waals surface area contributed by atoms with Crippen molar-refractivity contribution in [3.8, 4) is 0 Å². The molecule has 1 heterocycles. The van der Waals surface area contributed by atoms with Crippen molar-refractivity contribution in [2.45, 2.75) is 18.2 Å². The molecule has 0 aliphatic rings. The Balaban J connectivity index is 1.84. The monoisotopic (exact) mass is 340 g/mol. The Kier molecular flexibility index (Phi) is 6.14. The van der Waals surface area contributed by atoms with E-state index in [0.29, 0.717) is 33.4 Å². The third kappa shape index (κ3) is 5.27. The highest BCUT2D eigenvalue weighted by Gasteiger charge is 2.09. The highest BCUT2D eigenvalue weighted by atomic mass is 32.2. The van der Waals surface area contributed by atoms with Crippen LogP contribution in [0.5, 0.6) is 0 Å². The summed E-state index contributed by atoms with van der Waals surface area (Å²) in [7, 11) is 0. The smallest absolute Gasteiger partial charge is 0.230 e. The van der Waals surface area contributed by atoms with Gasteiger partial charge in [-0.05, 0) is 18.1 Å². The highest BCUT2D eigenvalue weighted by molar-refractivity contribution is 8.01. The molecule has 0 saturated carbocycles. The lowest BCUT2D eigenvalue weighted by Crippen LogP contribution is -2.28. The Morgan fingerprint density at radius 3 is 2.86 bits per heavy atom. The first-order valence-corrected chi connectivity index (χ1v) is 8.59. The highest BCUT2D eigenvalue weighted by Crippen LogP contribution is 2.28. The summed E-state index contributed by atoms with van der Waals surface area (Å²) in [5, 5.41) is 14.1. The maximum atomic E-state index is 13.5. The van der Waals surface area contributed by atoms with Gasteiger partial charge in [0.2, 0.25) is 11.0 Å². The molecule has 22 heavy (non-hydrogen) atoms. The first-order valence-electron chi connectivity index (χ1n) is 6.79. The zero-order valence-corrected chi connectivity index (χ0v) is 13.9. The molecule has 0 radical (unpaired) electrons. The predicted octanol–water partition coefficient (Wildman–Crippen LogP) is 3.29. The van der Waals surface area contributed by atoms with E-state index in [4.69, 9.17) is 0 Å². The minimum atomic E-state index is -0.347. The molecule has 1 aromatic carbocycles. The van der Waals surface area contributed by atoms with E-state index in [1.807, 2.05) is 13.8 Å². The standard InChI is InChI=1S/C14H17FN4OS2/c1-9(2)7-16-12(20)8-21-14-19-18-13(22-14)17-11-6-4-3-5-10(11)15/h3-6,9H,7-8H2,1-2H3,(H,16,20)(H,17,18). The van der Waals surface area contributed by atoms with E-state index in [0.717, 1.165) is 0 Å². The maximum Gasteiger partial charge on any atom is 0.230 e. The average molecular weight is 340 g/mol. The fraction of sp³-hybridized carbons (Fsp3) is 0.357. The van der Waals surface area contributed by atoms with Gasteiger partial charge in [-0.3, -0.25) is 4.79 Å². The number of carbonyl (C=O) groups is 1. The second-order valence-electron chi connectivity index (χ2n) is 4.96. The van der Waals surface area contributed by atoms with Gasteiger partial charge in [0.15, 0.2) is 4.34 Å². The van der Waals surface area contributed by atoms with Crippen molar-refractivity contribution in [2.24, 2.45) is 5.92 Å². The minimum Gasteiger partial charge on any atom is -0.355 e. The lowest BCUT2D eigenvalue weighted by atomic mass is 10.2. The van der Waals surface area contributed by atoms with Gasteiger partial charge in [0, 0.05) is 6.54 Å². The SMILES string of the molecule is CC(C)CNC(=O)CSc1nnc(Nc2ccccc2F)s1. The number of thioether (sulfide) groups is 1. The van der Waals surface area contributed by atoms with Crippen LogP contribution >= 0.6 is 23.1 Å². The molecule has 1 aromatic heterocycles. The first kappa shape index (κ1) is 16.7. The van der Waals surface area contributed by atoms with Gasteiger partial charge in [0.1, 0.15) is 5.82 Å². The van der Waals surface area contributed by atoms with Crippen LogP contribution in [0.15, 0.2) is 28.6 Å². The van der Waals surface area contributed by atoms with E-state index in [-0.39, 0.29) is 11.7 Å². The molecule has 2 aromatic rings. The van der Waals surface area contributed by atoms with Crippen LogP contribution in [-0.4, -0.2) is 28.4 Å². The number of aromatic nitrogens is 2. The summed E-state index contributed by atoms with van der Waals surface area (Å²) in [4.78, 5) is 11.6. The van der Waals surface area contributed by atoms with Crippen LogP contribution in [0.4, 0.5) is 15.2 Å². The topological polar surface area (TPSA) is 66.9 Å². The number of hydrogen-bond acceptors (Lipinski definition) is 6. The molecule has 0 spiro atoms. The molecular weight excluding hydrogens is 323 g/mol. The van der Waals surface area contributed by atoms with E-state index >= 15 is 0 Å². The molecule has 0 atom stereocenters. The molecule has 0 bridgehead atoms. The molecule has 0 aliphatic carbocycles. The van der Waals surface area contributed by atoms with Gasteiger partial charge in [0.25, 0.3) is 0 Å². The number of amides is 1. The second kappa shape index (κ2) is 8.09. The van der Waals surface area contributed by atoms with Crippen LogP contribution < -0.4 is 10.6 Å². The van der Waals surface area contributed by atoms with Crippen LogP contribution in [0.1, 0.15) is 13.8 Å². The van der Waals surface area contributed by atoms with E-state index in [9.17, 15) is 9.18 Å². The second-order valence-corrected chi connectivity index (χ2v) is 7.16. The van der Waals surface area contributed by atoms with E-state index in [1.54, 1.807) is 18.2 Å². The molecule has 0 aliphatic heterocycles. The zero-order valence-electron chi connectivity index (χ0n) is 12.3. The normalized spacial score (nSPS) is 10.7. The number of carbonyl (C=O) groups excluding carboxylic acids is 1. The van der Waals surface area contributed by atoms with Crippen LogP contribution in [0.25, 0.3) is 0 Å². The molecule has 118 valence electrons. The predicted molar refractivity (Wildman–Crippen MR) is 88.2 cm³/mol. The first-order chi connectivity index (χ1) is 10.5. The number of rotatable bonds is 7. The minimum absolute atomic E-state index is 0.0301. The fourth-order valence-electron chi connectivity index (χ4n) is 1.49. The maximum absolute atomic E-state index is 13.5. The van der Waals surface area contributed by atoms with Crippen molar-refractivity contribution < 1.29 is 9.18 Å². The summed E-state index contributed by atoms with van der Waals surface area (Å²) in [6, 6.07) is 6.36. The summed E-state index contributed by atoms with van der Waals surface area (Å²) in [5.41, 5.74) is 0.352. The van der Waals surface area contributed by atoms with Crippen molar-refractivity contribution in [1.29, 1.82) is 0 Å². The van der Waals surface area contributed by atoms with E-state index in [1.165, 1.54) is 29.2 Å². The van der Waals surface area contributed by atoms with Crippen LogP contribution in [0.2, 0.25) is 0 Å². The van der Waals surface area contributed by atoms with Gasteiger partial charge in [-0.25, -0.2) is 4.39 Å². The average Bonchev–Trinajstić information content (AvgIpc) is 2.93. The summed E-state index contributed by atoms with van der Waals surface area (Å²) in [6.07, 6.45) is 0. The van der Waals surface area contributed by atoms with E-state index in [2.05, 4.69) is 20.8 Å². The Morgan fingerprint density at radius 1 is 1.36 bits per heavy atom. The van der Waals surface area contributed by atoms with Crippen molar-refractivity contribution in [3.05, 3.63) is 30.1 Å². The molecule has 5 nitrogen and oxygen atoms in total. The van der Waals surface area contributed by atoms with Crippen LogP contribution in [-0.2, 0) is 4.79 Å². The zero-order chi connectivity index (χ0) is 15.9. The summed E-state index contributed by atoms with van der Waals surface area (Å²) in [6.45, 7) is 4.74. The number of para-hydroxylation sites is 1. The third-order valence-electron chi connectivity index (χ3n) is 2.56. The number of anilines is 2. The van der Waals surface area contributed by atoms with Gasteiger partial charge < -0.3 is 10.6 Å². The number of nitrogens with zero attached hydrogens (tertiary/aromatic N) is 2. The van der Waals surface area contributed by atoms with Gasteiger partial charge in [-0.1, -0.05) is 49.1 Å². The molecule has 2 N–H and O–H groups in total. The Morgan fingerprint density at radius 2 is 2.14 bits per heavy atom. The molecule has 8 heteroatoms. The molecular formula is C14H17FN4OS2. The largest absolute Gasteiger partial charge is 0.355 e. The van der Waals surface area contributed by atoms with Crippen LogP contribution in [0, 0.1) is 11.7 Å². The lowest BCUT2D eigenvalue weighted by Gasteiger charge is -2.06. The molecule has 0 unspecified atom stereocenters. The number of nitrogens with one attached hydrogen (secondary N) is 2. The van der Waals surface area contributed by atoms with Crippen LogP contribution in [0.3, 0.4) is 0 Å². The molecule has 2 rings (SSSR count). The van der Waals surface area contributed by atoms with Crippen molar-refractivity contribution >= 4 is 39.8 Å². The summed E-state index contributed by atoms with van der Waals surface area (Å²) in [5.74, 6) is 0.339. The van der Waals surface area contributed by atoms with Crippen molar-refractivity contribution in [1.82, 2.24) is 15.5 Å². The van der Waals surface area contributed by atoms with Crippen molar-refractivity contribution in [3.63, 3.8) is 0 Å². The van der Waals surface area contributed by atoms with E-state index < -0.39 is 0 Å².